The lowest BCUT2D eigenvalue weighted by atomic mass is 10.0. The quantitative estimate of drug-likeness (QED) is 0.355. The SMILES string of the molecule is Fc1ccc(-c2nc(Cl)nc3c2ccc2ccccc23)cc1. The van der Waals surface area contributed by atoms with E-state index in [4.69, 9.17) is 11.6 Å². The third-order valence-electron chi connectivity index (χ3n) is 3.68. The summed E-state index contributed by atoms with van der Waals surface area (Å²) in [5.41, 5.74) is 2.32. The summed E-state index contributed by atoms with van der Waals surface area (Å²) in [5.74, 6) is -0.279. The first kappa shape index (κ1) is 13.2. The second-order valence-corrected chi connectivity index (χ2v) is 5.37. The molecule has 0 saturated heterocycles. The third-order valence-corrected chi connectivity index (χ3v) is 3.85. The van der Waals surface area contributed by atoms with Crippen LogP contribution in [0.4, 0.5) is 4.39 Å². The number of hydrogen-bond acceptors (Lipinski definition) is 2. The molecule has 0 unspecified atom stereocenters. The van der Waals surface area contributed by atoms with Crippen molar-refractivity contribution in [1.29, 1.82) is 0 Å². The second kappa shape index (κ2) is 5.04. The van der Waals surface area contributed by atoms with Gasteiger partial charge < -0.3 is 0 Å². The maximum absolute atomic E-state index is 13.1. The van der Waals surface area contributed by atoms with Crippen molar-refractivity contribution in [2.24, 2.45) is 0 Å². The molecule has 4 heteroatoms. The molecule has 22 heavy (non-hydrogen) atoms. The standard InChI is InChI=1S/C18H10ClFN2/c19-18-21-16(12-5-8-13(20)9-6-12)15-10-7-11-3-1-2-4-14(11)17(15)22-18/h1-10H. The predicted octanol–water partition coefficient (Wildman–Crippen LogP) is 5.24. The van der Waals surface area contributed by atoms with Crippen molar-refractivity contribution < 1.29 is 4.39 Å². The molecule has 3 aromatic carbocycles. The zero-order valence-electron chi connectivity index (χ0n) is 11.4. The topological polar surface area (TPSA) is 25.8 Å². The van der Waals surface area contributed by atoms with E-state index in [0.717, 1.165) is 27.2 Å². The van der Waals surface area contributed by atoms with Crippen LogP contribution in [0.2, 0.25) is 5.28 Å². The maximum Gasteiger partial charge on any atom is 0.223 e. The van der Waals surface area contributed by atoms with Gasteiger partial charge in [-0.2, -0.15) is 0 Å². The maximum atomic E-state index is 13.1. The summed E-state index contributed by atoms with van der Waals surface area (Å²) in [6.07, 6.45) is 0. The fourth-order valence-electron chi connectivity index (χ4n) is 2.66. The van der Waals surface area contributed by atoms with Crippen molar-refractivity contribution in [3.8, 4) is 11.3 Å². The van der Waals surface area contributed by atoms with Crippen LogP contribution in [0.1, 0.15) is 0 Å². The van der Waals surface area contributed by atoms with Gasteiger partial charge in [0.05, 0.1) is 11.2 Å². The average Bonchev–Trinajstić information content (AvgIpc) is 2.55. The Morgan fingerprint density at radius 2 is 1.55 bits per heavy atom. The number of fused-ring (bicyclic) bond motifs is 3. The summed E-state index contributed by atoms with van der Waals surface area (Å²) in [7, 11) is 0. The molecule has 0 fully saturated rings. The van der Waals surface area contributed by atoms with Crippen LogP contribution >= 0.6 is 11.6 Å². The molecule has 0 aliphatic carbocycles. The summed E-state index contributed by atoms with van der Waals surface area (Å²) in [4.78, 5) is 8.73. The Morgan fingerprint density at radius 1 is 0.773 bits per heavy atom. The van der Waals surface area contributed by atoms with Gasteiger partial charge >= 0.3 is 0 Å². The van der Waals surface area contributed by atoms with Crippen molar-refractivity contribution in [3.63, 3.8) is 0 Å². The van der Waals surface area contributed by atoms with Crippen LogP contribution in [0.3, 0.4) is 0 Å². The number of rotatable bonds is 1. The highest BCUT2D eigenvalue weighted by Gasteiger charge is 2.11. The van der Waals surface area contributed by atoms with Gasteiger partial charge in [-0.1, -0.05) is 30.3 Å². The summed E-state index contributed by atoms with van der Waals surface area (Å²) >= 11 is 6.11. The minimum atomic E-state index is -0.279. The molecule has 0 radical (unpaired) electrons. The Bertz CT molecular complexity index is 997. The van der Waals surface area contributed by atoms with E-state index in [1.807, 2.05) is 36.4 Å². The van der Waals surface area contributed by atoms with Gasteiger partial charge in [0.2, 0.25) is 5.28 Å². The van der Waals surface area contributed by atoms with Gasteiger partial charge in [0.15, 0.2) is 0 Å². The van der Waals surface area contributed by atoms with E-state index in [1.54, 1.807) is 12.1 Å². The molecule has 0 amide bonds. The van der Waals surface area contributed by atoms with Gasteiger partial charge in [-0.3, -0.25) is 0 Å². The van der Waals surface area contributed by atoms with Crippen molar-refractivity contribution in [2.45, 2.75) is 0 Å². The molecule has 2 nitrogen and oxygen atoms in total. The lowest BCUT2D eigenvalue weighted by molar-refractivity contribution is 0.628. The van der Waals surface area contributed by atoms with Crippen LogP contribution in [0.25, 0.3) is 32.9 Å². The minimum Gasteiger partial charge on any atom is -0.217 e. The van der Waals surface area contributed by atoms with Gasteiger partial charge in [-0.05, 0) is 47.3 Å². The third kappa shape index (κ3) is 2.11. The molecule has 1 heterocycles. The molecule has 4 rings (SSSR count). The molecule has 106 valence electrons. The smallest absolute Gasteiger partial charge is 0.217 e. The van der Waals surface area contributed by atoms with E-state index >= 15 is 0 Å². The summed E-state index contributed by atoms with van der Waals surface area (Å²) in [6.45, 7) is 0. The molecular formula is C18H10ClFN2. The molecule has 0 bridgehead atoms. The number of benzene rings is 3. The lowest BCUT2D eigenvalue weighted by Crippen LogP contribution is -1.92. The van der Waals surface area contributed by atoms with Gasteiger partial charge in [0, 0.05) is 16.3 Å². The fraction of sp³-hybridized carbons (Fsp3) is 0. The van der Waals surface area contributed by atoms with Crippen LogP contribution in [0.15, 0.2) is 60.7 Å². The zero-order valence-corrected chi connectivity index (χ0v) is 12.2. The Kier molecular flexibility index (Phi) is 3.01. The van der Waals surface area contributed by atoms with Crippen LogP contribution in [0.5, 0.6) is 0 Å². The Hall–Kier alpha value is -2.52. The number of halogens is 2. The van der Waals surface area contributed by atoms with Crippen LogP contribution in [-0.4, -0.2) is 9.97 Å². The molecular weight excluding hydrogens is 299 g/mol. The largest absolute Gasteiger partial charge is 0.223 e. The normalized spacial score (nSPS) is 11.2. The van der Waals surface area contributed by atoms with Crippen molar-refractivity contribution >= 4 is 33.3 Å². The molecule has 0 saturated carbocycles. The highest BCUT2D eigenvalue weighted by molar-refractivity contribution is 6.29. The van der Waals surface area contributed by atoms with Crippen molar-refractivity contribution in [3.05, 3.63) is 71.8 Å². The van der Waals surface area contributed by atoms with Gasteiger partial charge in [-0.15, -0.1) is 0 Å². The number of nitrogens with zero attached hydrogens (tertiary/aromatic N) is 2. The fourth-order valence-corrected chi connectivity index (χ4v) is 2.83. The molecule has 4 aromatic rings. The van der Waals surface area contributed by atoms with Gasteiger partial charge in [0.25, 0.3) is 0 Å². The summed E-state index contributed by atoms with van der Waals surface area (Å²) in [6, 6.07) is 18.2. The van der Waals surface area contributed by atoms with E-state index in [9.17, 15) is 4.39 Å². The predicted molar refractivity (Wildman–Crippen MR) is 87.4 cm³/mol. The van der Waals surface area contributed by atoms with E-state index in [0.29, 0.717) is 5.69 Å². The molecule has 1 aromatic heterocycles. The van der Waals surface area contributed by atoms with Crippen molar-refractivity contribution in [2.75, 3.05) is 0 Å². The Balaban J connectivity index is 2.11. The van der Waals surface area contributed by atoms with Gasteiger partial charge in [0.1, 0.15) is 5.82 Å². The molecule has 0 aliphatic rings. The highest BCUT2D eigenvalue weighted by Crippen LogP contribution is 2.31. The summed E-state index contributed by atoms with van der Waals surface area (Å²) < 4.78 is 13.1. The van der Waals surface area contributed by atoms with E-state index in [1.165, 1.54) is 12.1 Å². The molecule has 0 atom stereocenters. The minimum absolute atomic E-state index is 0.183. The van der Waals surface area contributed by atoms with Crippen LogP contribution < -0.4 is 0 Å². The molecule has 0 spiro atoms. The van der Waals surface area contributed by atoms with Crippen molar-refractivity contribution in [1.82, 2.24) is 9.97 Å². The molecule has 0 N–H and O–H groups in total. The Morgan fingerprint density at radius 3 is 2.36 bits per heavy atom. The van der Waals surface area contributed by atoms with Crippen LogP contribution in [-0.2, 0) is 0 Å². The summed E-state index contributed by atoms with van der Waals surface area (Å²) in [5, 5.41) is 3.19. The van der Waals surface area contributed by atoms with Gasteiger partial charge in [-0.25, -0.2) is 14.4 Å². The Labute approximate surface area is 131 Å². The first-order chi connectivity index (χ1) is 10.7. The average molecular weight is 309 g/mol. The van der Waals surface area contributed by atoms with E-state index in [-0.39, 0.29) is 11.1 Å². The first-order valence-electron chi connectivity index (χ1n) is 6.83. The highest BCUT2D eigenvalue weighted by atomic mass is 35.5. The lowest BCUT2D eigenvalue weighted by Gasteiger charge is -2.09. The van der Waals surface area contributed by atoms with Crippen LogP contribution in [0, 0.1) is 5.82 Å². The number of aromatic nitrogens is 2. The zero-order chi connectivity index (χ0) is 15.1. The molecule has 0 aliphatic heterocycles. The van der Waals surface area contributed by atoms with E-state index in [2.05, 4.69) is 9.97 Å². The second-order valence-electron chi connectivity index (χ2n) is 5.03. The first-order valence-corrected chi connectivity index (χ1v) is 7.21. The number of hydrogen-bond donors (Lipinski definition) is 0. The van der Waals surface area contributed by atoms with E-state index < -0.39 is 0 Å². The monoisotopic (exact) mass is 308 g/mol.